The Labute approximate surface area is 157 Å². The fourth-order valence-electron chi connectivity index (χ4n) is 3.25. The molecule has 1 aromatic rings. The number of carbonyl (C=O) groups is 2. The van der Waals surface area contributed by atoms with E-state index in [0.717, 1.165) is 31.9 Å². The first-order valence-electron chi connectivity index (χ1n) is 8.33. The van der Waals surface area contributed by atoms with Gasteiger partial charge in [-0.3, -0.25) is 9.59 Å². The van der Waals surface area contributed by atoms with Crippen molar-refractivity contribution in [3.05, 3.63) is 34.6 Å². The van der Waals surface area contributed by atoms with E-state index in [2.05, 4.69) is 5.32 Å². The molecule has 5 nitrogen and oxygen atoms in total. The smallest absolute Gasteiger partial charge is 0.255 e. The van der Waals surface area contributed by atoms with Crippen molar-refractivity contribution in [2.24, 2.45) is 0 Å². The van der Waals surface area contributed by atoms with Crippen molar-refractivity contribution < 1.29 is 14.0 Å². The van der Waals surface area contributed by atoms with E-state index in [1.807, 2.05) is 4.90 Å². The van der Waals surface area contributed by atoms with E-state index in [0.29, 0.717) is 31.7 Å². The summed E-state index contributed by atoms with van der Waals surface area (Å²) in [6.45, 7) is 2.84. The molecule has 2 heterocycles. The van der Waals surface area contributed by atoms with Crippen LogP contribution in [0.2, 0.25) is 5.02 Å². The maximum absolute atomic E-state index is 13.1. The number of halogens is 3. The number of amides is 2. The number of rotatable bonds is 2. The first-order valence-corrected chi connectivity index (χ1v) is 8.70. The van der Waals surface area contributed by atoms with Gasteiger partial charge < -0.3 is 15.1 Å². The zero-order chi connectivity index (χ0) is 17.1. The second-order valence-electron chi connectivity index (χ2n) is 6.24. The summed E-state index contributed by atoms with van der Waals surface area (Å²) in [5.41, 5.74) is 0.298. The van der Waals surface area contributed by atoms with Gasteiger partial charge in [0.05, 0.1) is 16.6 Å². The predicted molar refractivity (Wildman–Crippen MR) is 96.8 cm³/mol. The number of benzene rings is 1. The quantitative estimate of drug-likeness (QED) is 0.844. The molecule has 1 unspecified atom stereocenters. The Hall–Kier alpha value is -1.37. The van der Waals surface area contributed by atoms with Crippen LogP contribution in [0.1, 0.15) is 29.6 Å². The Kier molecular flexibility index (Phi) is 7.04. The Bertz CT molecular complexity index is 630. The average Bonchev–Trinajstić information content (AvgIpc) is 2.61. The first kappa shape index (κ1) is 19.9. The third kappa shape index (κ3) is 4.63. The van der Waals surface area contributed by atoms with Gasteiger partial charge in [0.2, 0.25) is 5.91 Å². The van der Waals surface area contributed by atoms with E-state index in [-0.39, 0.29) is 35.3 Å². The summed E-state index contributed by atoms with van der Waals surface area (Å²) in [5, 5.41) is 3.38. The molecule has 1 aromatic carbocycles. The van der Waals surface area contributed by atoms with E-state index in [1.165, 1.54) is 12.1 Å². The monoisotopic (exact) mass is 389 g/mol. The van der Waals surface area contributed by atoms with Gasteiger partial charge in [0.1, 0.15) is 5.82 Å². The minimum Gasteiger partial charge on any atom is -0.338 e. The fraction of sp³-hybridized carbons (Fsp3) is 0.529. The lowest BCUT2D eigenvalue weighted by molar-refractivity contribution is -0.135. The van der Waals surface area contributed by atoms with Gasteiger partial charge in [0, 0.05) is 26.2 Å². The highest BCUT2D eigenvalue weighted by molar-refractivity contribution is 6.33. The molecule has 0 bridgehead atoms. The molecule has 0 saturated carbocycles. The number of piperazine rings is 1. The summed E-state index contributed by atoms with van der Waals surface area (Å²) in [6.07, 6.45) is 3.07. The van der Waals surface area contributed by atoms with Crippen molar-refractivity contribution in [1.29, 1.82) is 0 Å². The molecule has 0 radical (unpaired) electrons. The molecule has 8 heteroatoms. The van der Waals surface area contributed by atoms with E-state index in [9.17, 15) is 14.0 Å². The number of piperidine rings is 1. The molecular formula is C17H22Cl2FN3O2. The van der Waals surface area contributed by atoms with Crippen molar-refractivity contribution >= 4 is 35.8 Å². The van der Waals surface area contributed by atoms with Crippen LogP contribution in [-0.2, 0) is 4.79 Å². The standard InChI is InChI=1S/C17H21ClFN3O2.ClH/c18-14-11-12(19)4-5-13(14)16(23)21-7-9-22(10-8-21)17(24)15-3-1-2-6-20-15;/h4-5,11,15,20H,1-3,6-10H2;1H. The van der Waals surface area contributed by atoms with Gasteiger partial charge in [0.25, 0.3) is 5.91 Å². The molecule has 0 aromatic heterocycles. The highest BCUT2D eigenvalue weighted by Gasteiger charge is 2.30. The largest absolute Gasteiger partial charge is 0.338 e. The molecule has 25 heavy (non-hydrogen) atoms. The normalized spacial score (nSPS) is 20.8. The summed E-state index contributed by atoms with van der Waals surface area (Å²) < 4.78 is 13.1. The van der Waals surface area contributed by atoms with E-state index >= 15 is 0 Å². The number of hydrogen-bond donors (Lipinski definition) is 1. The topological polar surface area (TPSA) is 52.7 Å². The lowest BCUT2D eigenvalue weighted by Gasteiger charge is -2.37. The second kappa shape index (κ2) is 8.83. The highest BCUT2D eigenvalue weighted by atomic mass is 35.5. The number of carbonyl (C=O) groups excluding carboxylic acids is 2. The summed E-state index contributed by atoms with van der Waals surface area (Å²) >= 11 is 5.96. The lowest BCUT2D eigenvalue weighted by Crippen LogP contribution is -2.55. The highest BCUT2D eigenvalue weighted by Crippen LogP contribution is 2.20. The van der Waals surface area contributed by atoms with Crippen LogP contribution in [0.4, 0.5) is 4.39 Å². The maximum Gasteiger partial charge on any atom is 0.255 e. The molecule has 138 valence electrons. The minimum absolute atomic E-state index is 0. The molecule has 3 rings (SSSR count). The molecule has 2 aliphatic rings. The second-order valence-corrected chi connectivity index (χ2v) is 6.65. The van der Waals surface area contributed by atoms with Crippen LogP contribution in [0.3, 0.4) is 0 Å². The zero-order valence-corrected chi connectivity index (χ0v) is 15.4. The van der Waals surface area contributed by atoms with Gasteiger partial charge in [-0.2, -0.15) is 0 Å². The van der Waals surface area contributed by atoms with E-state index in [1.54, 1.807) is 4.90 Å². The Balaban J connectivity index is 0.00000225. The van der Waals surface area contributed by atoms with Gasteiger partial charge in [0.15, 0.2) is 0 Å². The number of hydrogen-bond acceptors (Lipinski definition) is 3. The van der Waals surface area contributed by atoms with Gasteiger partial charge >= 0.3 is 0 Å². The van der Waals surface area contributed by atoms with Crippen LogP contribution in [0.15, 0.2) is 18.2 Å². The van der Waals surface area contributed by atoms with Crippen molar-refractivity contribution in [3.63, 3.8) is 0 Å². The van der Waals surface area contributed by atoms with E-state index in [4.69, 9.17) is 11.6 Å². The third-order valence-electron chi connectivity index (χ3n) is 4.65. The molecule has 0 spiro atoms. The summed E-state index contributed by atoms with van der Waals surface area (Å²) in [7, 11) is 0. The van der Waals surface area contributed by atoms with Crippen molar-refractivity contribution in [2.75, 3.05) is 32.7 Å². The van der Waals surface area contributed by atoms with Gasteiger partial charge in [-0.1, -0.05) is 18.0 Å². The summed E-state index contributed by atoms with van der Waals surface area (Å²) in [5.74, 6) is -0.559. The Morgan fingerprint density at radius 2 is 1.80 bits per heavy atom. The number of nitrogens with one attached hydrogen (secondary N) is 1. The maximum atomic E-state index is 13.1. The molecule has 2 amide bonds. The molecule has 1 atom stereocenters. The Morgan fingerprint density at radius 3 is 2.40 bits per heavy atom. The van der Waals surface area contributed by atoms with Crippen LogP contribution >= 0.6 is 24.0 Å². The SMILES string of the molecule is Cl.O=C(c1ccc(F)cc1Cl)N1CCN(C(=O)C2CCCCN2)CC1. The lowest BCUT2D eigenvalue weighted by atomic mass is 10.0. The van der Waals surface area contributed by atoms with Crippen LogP contribution in [-0.4, -0.2) is 60.4 Å². The van der Waals surface area contributed by atoms with Gasteiger partial charge in [-0.25, -0.2) is 4.39 Å². The summed E-state index contributed by atoms with van der Waals surface area (Å²) in [6, 6.07) is 3.69. The van der Waals surface area contributed by atoms with Gasteiger partial charge in [-0.05, 0) is 37.6 Å². The first-order chi connectivity index (χ1) is 11.6. The molecule has 0 aliphatic carbocycles. The van der Waals surface area contributed by atoms with E-state index < -0.39 is 5.82 Å². The van der Waals surface area contributed by atoms with Crippen molar-refractivity contribution in [3.8, 4) is 0 Å². The van der Waals surface area contributed by atoms with Crippen molar-refractivity contribution in [2.45, 2.75) is 25.3 Å². The molecular weight excluding hydrogens is 368 g/mol. The molecule has 2 fully saturated rings. The van der Waals surface area contributed by atoms with Crippen LogP contribution in [0.5, 0.6) is 0 Å². The predicted octanol–water partition coefficient (Wildman–Crippen LogP) is 2.33. The summed E-state index contributed by atoms with van der Waals surface area (Å²) in [4.78, 5) is 28.5. The van der Waals surface area contributed by atoms with Crippen LogP contribution in [0.25, 0.3) is 0 Å². The minimum atomic E-state index is -0.466. The fourth-order valence-corrected chi connectivity index (χ4v) is 3.49. The van der Waals surface area contributed by atoms with Crippen molar-refractivity contribution in [1.82, 2.24) is 15.1 Å². The molecule has 2 saturated heterocycles. The van der Waals surface area contributed by atoms with Gasteiger partial charge in [-0.15, -0.1) is 12.4 Å². The third-order valence-corrected chi connectivity index (χ3v) is 4.96. The Morgan fingerprint density at radius 1 is 1.12 bits per heavy atom. The molecule has 2 aliphatic heterocycles. The van der Waals surface area contributed by atoms with Crippen LogP contribution in [0, 0.1) is 5.82 Å². The number of nitrogens with zero attached hydrogens (tertiary/aromatic N) is 2. The van der Waals surface area contributed by atoms with Crippen LogP contribution < -0.4 is 5.32 Å². The molecule has 1 N–H and O–H groups in total. The average molecular weight is 390 g/mol. The zero-order valence-electron chi connectivity index (χ0n) is 13.8.